The van der Waals surface area contributed by atoms with Gasteiger partial charge < -0.3 is 5.73 Å². The molecular formula is C14H14Cl3N5. The number of nitrogens with two attached hydrogens (primary N) is 1. The quantitative estimate of drug-likeness (QED) is 0.374. The van der Waals surface area contributed by atoms with Crippen LogP contribution >= 0.6 is 34.8 Å². The van der Waals surface area contributed by atoms with Gasteiger partial charge >= 0.3 is 0 Å². The van der Waals surface area contributed by atoms with Gasteiger partial charge in [-0.05, 0) is 17.7 Å². The van der Waals surface area contributed by atoms with E-state index in [4.69, 9.17) is 40.5 Å². The van der Waals surface area contributed by atoms with Gasteiger partial charge in [-0.3, -0.25) is 10.9 Å². The van der Waals surface area contributed by atoms with Gasteiger partial charge in [-0.25, -0.2) is 5.43 Å². The lowest BCUT2D eigenvalue weighted by atomic mass is 10.2. The van der Waals surface area contributed by atoms with Crippen LogP contribution in [-0.4, -0.2) is 5.96 Å². The molecule has 0 saturated carbocycles. The predicted octanol–water partition coefficient (Wildman–Crippen LogP) is 3.58. The van der Waals surface area contributed by atoms with Crippen molar-refractivity contribution in [1.82, 2.24) is 10.9 Å². The summed E-state index contributed by atoms with van der Waals surface area (Å²) in [4.78, 5) is 0. The van der Waals surface area contributed by atoms with E-state index < -0.39 is 0 Å². The van der Waals surface area contributed by atoms with Gasteiger partial charge in [0.25, 0.3) is 0 Å². The highest BCUT2D eigenvalue weighted by Gasteiger charge is 2.07. The third-order valence-electron chi connectivity index (χ3n) is 2.65. The highest BCUT2D eigenvalue weighted by Crippen LogP contribution is 2.33. The minimum Gasteiger partial charge on any atom is -0.367 e. The van der Waals surface area contributed by atoms with Crippen molar-refractivity contribution in [3.8, 4) is 0 Å². The largest absolute Gasteiger partial charge is 0.367 e. The standard InChI is InChI=1S/C14H14Cl3N5/c15-10-6-11(16)13(12(17)7-10)20-22-14(18)21-19-8-9-4-2-1-3-5-9/h1-7,19-20H,8H2,(H3,18,21,22). The van der Waals surface area contributed by atoms with Gasteiger partial charge in [0.1, 0.15) is 0 Å². The molecule has 2 rings (SSSR count). The second-order valence-corrected chi connectivity index (χ2v) is 5.57. The Kier molecular flexibility index (Phi) is 6.15. The average molecular weight is 359 g/mol. The fraction of sp³-hybridized carbons (Fsp3) is 0.0714. The molecule has 0 aliphatic carbocycles. The van der Waals surface area contributed by atoms with Crippen molar-refractivity contribution in [3.63, 3.8) is 0 Å². The summed E-state index contributed by atoms with van der Waals surface area (Å²) in [5.41, 5.74) is 15.7. The van der Waals surface area contributed by atoms with Gasteiger partial charge in [-0.15, -0.1) is 5.10 Å². The van der Waals surface area contributed by atoms with Gasteiger partial charge in [0.15, 0.2) is 0 Å². The predicted molar refractivity (Wildman–Crippen MR) is 93.1 cm³/mol. The van der Waals surface area contributed by atoms with Crippen LogP contribution in [0.2, 0.25) is 15.1 Å². The van der Waals surface area contributed by atoms with E-state index in [2.05, 4.69) is 21.4 Å². The fourth-order valence-electron chi connectivity index (χ4n) is 1.63. The number of guanidine groups is 1. The van der Waals surface area contributed by atoms with Crippen molar-refractivity contribution in [2.24, 2.45) is 10.8 Å². The average Bonchev–Trinajstić information content (AvgIpc) is 2.47. The Balaban J connectivity index is 1.88. The first-order valence-electron chi connectivity index (χ1n) is 6.33. The van der Waals surface area contributed by atoms with Crippen LogP contribution in [0.3, 0.4) is 0 Å². The van der Waals surface area contributed by atoms with E-state index in [-0.39, 0.29) is 5.96 Å². The fourth-order valence-corrected chi connectivity index (χ4v) is 2.53. The molecule has 0 unspecified atom stereocenters. The molecule has 0 saturated heterocycles. The van der Waals surface area contributed by atoms with Crippen LogP contribution in [-0.2, 0) is 6.54 Å². The first-order chi connectivity index (χ1) is 10.6. The van der Waals surface area contributed by atoms with Crippen LogP contribution in [0.1, 0.15) is 5.56 Å². The first-order valence-corrected chi connectivity index (χ1v) is 7.46. The number of hydrazine groups is 1. The van der Waals surface area contributed by atoms with Gasteiger partial charge in [-0.2, -0.15) is 0 Å². The van der Waals surface area contributed by atoms with E-state index in [1.807, 2.05) is 30.3 Å². The molecule has 2 aromatic carbocycles. The summed E-state index contributed by atoms with van der Waals surface area (Å²) < 4.78 is 0. The first kappa shape index (κ1) is 16.7. The molecule has 0 aliphatic heterocycles. The normalized spacial score (nSPS) is 11.3. The maximum atomic E-state index is 6.03. The van der Waals surface area contributed by atoms with E-state index in [1.165, 1.54) is 0 Å². The van der Waals surface area contributed by atoms with E-state index in [9.17, 15) is 0 Å². The van der Waals surface area contributed by atoms with Gasteiger partial charge in [0.2, 0.25) is 5.96 Å². The minimum atomic E-state index is 0.137. The Morgan fingerprint density at radius 3 is 2.32 bits per heavy atom. The molecule has 116 valence electrons. The van der Waals surface area contributed by atoms with Gasteiger partial charge in [0, 0.05) is 11.6 Å². The number of benzene rings is 2. The number of halogens is 3. The number of hydrogen-bond donors (Lipinski definition) is 4. The number of hydrogen-bond acceptors (Lipinski definition) is 3. The summed E-state index contributed by atoms with van der Waals surface area (Å²) >= 11 is 17.9. The molecule has 0 aromatic heterocycles. The highest BCUT2D eigenvalue weighted by atomic mass is 35.5. The van der Waals surface area contributed by atoms with E-state index in [0.717, 1.165) is 5.56 Å². The molecule has 0 fully saturated rings. The highest BCUT2D eigenvalue weighted by molar-refractivity contribution is 6.41. The molecule has 5 N–H and O–H groups in total. The molecule has 8 heteroatoms. The van der Waals surface area contributed by atoms with E-state index in [0.29, 0.717) is 27.3 Å². The van der Waals surface area contributed by atoms with Gasteiger partial charge in [-0.1, -0.05) is 65.1 Å². The second-order valence-electron chi connectivity index (χ2n) is 4.32. The van der Waals surface area contributed by atoms with E-state index in [1.54, 1.807) is 12.1 Å². The zero-order chi connectivity index (χ0) is 15.9. The molecule has 0 amide bonds. The van der Waals surface area contributed by atoms with Crippen LogP contribution in [0.25, 0.3) is 0 Å². The van der Waals surface area contributed by atoms with Crippen LogP contribution in [0, 0.1) is 0 Å². The number of anilines is 1. The summed E-state index contributed by atoms with van der Waals surface area (Å²) in [5.74, 6) is 0.137. The van der Waals surface area contributed by atoms with E-state index >= 15 is 0 Å². The smallest absolute Gasteiger partial charge is 0.225 e. The minimum absolute atomic E-state index is 0.137. The molecule has 22 heavy (non-hydrogen) atoms. The Bertz CT molecular complexity index is 638. The number of nitrogens with zero attached hydrogens (tertiary/aromatic N) is 1. The Hall–Kier alpha value is -1.66. The lowest BCUT2D eigenvalue weighted by Crippen LogP contribution is -2.42. The Morgan fingerprint density at radius 1 is 1.05 bits per heavy atom. The van der Waals surface area contributed by atoms with Crippen molar-refractivity contribution >= 4 is 46.4 Å². The maximum Gasteiger partial charge on any atom is 0.225 e. The number of nitrogens with one attached hydrogen (secondary N) is 3. The molecule has 0 radical (unpaired) electrons. The molecule has 0 atom stereocenters. The molecular weight excluding hydrogens is 345 g/mol. The summed E-state index contributed by atoms with van der Waals surface area (Å²) in [7, 11) is 0. The zero-order valence-electron chi connectivity index (χ0n) is 11.4. The monoisotopic (exact) mass is 357 g/mol. The van der Waals surface area contributed by atoms with Crippen LogP contribution in [0.5, 0.6) is 0 Å². The van der Waals surface area contributed by atoms with Crippen molar-refractivity contribution in [2.45, 2.75) is 6.54 Å². The Morgan fingerprint density at radius 2 is 1.68 bits per heavy atom. The summed E-state index contributed by atoms with van der Waals surface area (Å²) in [6, 6.07) is 13.0. The third kappa shape index (κ3) is 4.96. The SMILES string of the molecule is NC(=NNc1c(Cl)cc(Cl)cc1Cl)NNCc1ccccc1. The van der Waals surface area contributed by atoms with Crippen molar-refractivity contribution < 1.29 is 0 Å². The van der Waals surface area contributed by atoms with Crippen molar-refractivity contribution in [2.75, 3.05) is 5.43 Å². The Labute approximate surface area is 143 Å². The molecule has 0 bridgehead atoms. The molecule has 2 aromatic rings. The topological polar surface area (TPSA) is 74.5 Å². The summed E-state index contributed by atoms with van der Waals surface area (Å²) in [6.07, 6.45) is 0. The van der Waals surface area contributed by atoms with Gasteiger partial charge in [0.05, 0.1) is 15.7 Å². The maximum absolute atomic E-state index is 6.03. The molecule has 5 nitrogen and oxygen atoms in total. The van der Waals surface area contributed by atoms with Crippen LogP contribution in [0.15, 0.2) is 47.6 Å². The van der Waals surface area contributed by atoms with Crippen molar-refractivity contribution in [3.05, 3.63) is 63.1 Å². The van der Waals surface area contributed by atoms with Crippen LogP contribution < -0.4 is 22.0 Å². The lowest BCUT2D eigenvalue weighted by Gasteiger charge is -2.10. The summed E-state index contributed by atoms with van der Waals surface area (Å²) in [5, 5.41) is 5.09. The number of rotatable bonds is 5. The molecule has 0 aliphatic rings. The van der Waals surface area contributed by atoms with Crippen molar-refractivity contribution in [1.29, 1.82) is 0 Å². The lowest BCUT2D eigenvalue weighted by molar-refractivity contribution is 0.648. The molecule has 0 spiro atoms. The van der Waals surface area contributed by atoms with Crippen LogP contribution in [0.4, 0.5) is 5.69 Å². The number of hydrazone groups is 1. The second kappa shape index (κ2) is 8.10. The third-order valence-corrected chi connectivity index (χ3v) is 3.46. The zero-order valence-corrected chi connectivity index (χ0v) is 13.7. The summed E-state index contributed by atoms with van der Waals surface area (Å²) in [6.45, 7) is 0.597. The molecule has 0 heterocycles.